The molecule has 0 fully saturated rings. The summed E-state index contributed by atoms with van der Waals surface area (Å²) < 4.78 is 26.6. The summed E-state index contributed by atoms with van der Waals surface area (Å²) in [6.07, 6.45) is 0.0850. The Labute approximate surface area is 115 Å². The molecule has 0 amide bonds. The molecule has 19 heavy (non-hydrogen) atoms. The fourth-order valence-electron chi connectivity index (χ4n) is 1.95. The van der Waals surface area contributed by atoms with Gasteiger partial charge in [0.15, 0.2) is 0 Å². The summed E-state index contributed by atoms with van der Waals surface area (Å²) in [5, 5.41) is 10.7. The van der Waals surface area contributed by atoms with Crippen molar-refractivity contribution in [3.63, 3.8) is 0 Å². The Morgan fingerprint density at radius 2 is 1.74 bits per heavy atom. The van der Waals surface area contributed by atoms with Crippen molar-refractivity contribution >= 4 is 11.6 Å². The maximum atomic E-state index is 13.7. The maximum Gasteiger partial charge on any atom is 0.127 e. The van der Waals surface area contributed by atoms with Crippen LogP contribution in [0.4, 0.5) is 8.78 Å². The van der Waals surface area contributed by atoms with Crippen LogP contribution in [0.2, 0.25) is 5.02 Å². The lowest BCUT2D eigenvalue weighted by Gasteiger charge is -2.24. The summed E-state index contributed by atoms with van der Waals surface area (Å²) in [5.74, 6) is -0.841. The second-order valence-electron chi connectivity index (χ2n) is 4.69. The van der Waals surface area contributed by atoms with Gasteiger partial charge in [-0.05, 0) is 42.3 Å². The van der Waals surface area contributed by atoms with Gasteiger partial charge in [-0.25, -0.2) is 8.78 Å². The zero-order valence-electron chi connectivity index (χ0n) is 10.3. The van der Waals surface area contributed by atoms with Gasteiger partial charge in [-0.15, -0.1) is 0 Å². The molecule has 0 bridgehead atoms. The molecule has 1 unspecified atom stereocenters. The first-order valence-electron chi connectivity index (χ1n) is 5.81. The second kappa shape index (κ2) is 5.27. The van der Waals surface area contributed by atoms with Crippen LogP contribution >= 0.6 is 11.6 Å². The van der Waals surface area contributed by atoms with Crippen molar-refractivity contribution in [3.05, 3.63) is 70.2 Å². The van der Waals surface area contributed by atoms with Crippen LogP contribution in [0.5, 0.6) is 0 Å². The predicted molar refractivity (Wildman–Crippen MR) is 71.1 cm³/mol. The summed E-state index contributed by atoms with van der Waals surface area (Å²) in [6.45, 7) is 1.56. The highest BCUT2D eigenvalue weighted by Crippen LogP contribution is 2.27. The monoisotopic (exact) mass is 282 g/mol. The van der Waals surface area contributed by atoms with E-state index in [2.05, 4.69) is 0 Å². The minimum Gasteiger partial charge on any atom is -0.385 e. The molecule has 0 saturated carbocycles. The molecular weight excluding hydrogens is 270 g/mol. The summed E-state index contributed by atoms with van der Waals surface area (Å²) in [7, 11) is 0. The van der Waals surface area contributed by atoms with Crippen molar-refractivity contribution < 1.29 is 13.9 Å². The molecule has 0 saturated heterocycles. The molecule has 2 rings (SSSR count). The number of rotatable bonds is 3. The third-order valence-electron chi connectivity index (χ3n) is 3.02. The Balaban J connectivity index is 2.27. The SMILES string of the molecule is CC(O)(Cc1ccc(Cl)cc1F)c1ccc(F)cc1. The number of hydrogen-bond donors (Lipinski definition) is 1. The van der Waals surface area contributed by atoms with Crippen LogP contribution in [0.3, 0.4) is 0 Å². The van der Waals surface area contributed by atoms with Gasteiger partial charge in [0.05, 0.1) is 5.60 Å². The minimum atomic E-state index is -1.28. The fourth-order valence-corrected chi connectivity index (χ4v) is 2.11. The lowest BCUT2D eigenvalue weighted by atomic mass is 9.89. The van der Waals surface area contributed by atoms with Crippen molar-refractivity contribution in [1.82, 2.24) is 0 Å². The van der Waals surface area contributed by atoms with Crippen LogP contribution in [0, 0.1) is 11.6 Å². The van der Waals surface area contributed by atoms with Gasteiger partial charge < -0.3 is 5.11 Å². The number of benzene rings is 2. The molecule has 0 radical (unpaired) electrons. The van der Waals surface area contributed by atoms with E-state index in [-0.39, 0.29) is 12.2 Å². The van der Waals surface area contributed by atoms with E-state index in [1.165, 1.54) is 36.4 Å². The lowest BCUT2D eigenvalue weighted by molar-refractivity contribution is 0.0566. The molecule has 1 N–H and O–H groups in total. The smallest absolute Gasteiger partial charge is 0.127 e. The Morgan fingerprint density at radius 1 is 1.11 bits per heavy atom. The first-order chi connectivity index (χ1) is 8.88. The van der Waals surface area contributed by atoms with E-state index in [1.54, 1.807) is 13.0 Å². The first kappa shape index (κ1) is 14.0. The Kier molecular flexibility index (Phi) is 3.88. The van der Waals surface area contributed by atoms with E-state index in [4.69, 9.17) is 11.6 Å². The third kappa shape index (κ3) is 3.31. The minimum absolute atomic E-state index is 0.0850. The predicted octanol–water partition coefficient (Wildman–Crippen LogP) is 4.07. The maximum absolute atomic E-state index is 13.7. The number of aliphatic hydroxyl groups is 1. The largest absolute Gasteiger partial charge is 0.385 e. The van der Waals surface area contributed by atoms with E-state index in [0.717, 1.165) is 0 Å². The zero-order chi connectivity index (χ0) is 14.0. The average Bonchev–Trinajstić information content (AvgIpc) is 2.33. The van der Waals surface area contributed by atoms with Gasteiger partial charge in [-0.2, -0.15) is 0 Å². The number of halogens is 3. The van der Waals surface area contributed by atoms with Crippen LogP contribution in [0.15, 0.2) is 42.5 Å². The molecule has 0 heterocycles. The van der Waals surface area contributed by atoms with Crippen LogP contribution < -0.4 is 0 Å². The molecule has 0 aliphatic heterocycles. The summed E-state index contributed by atoms with van der Waals surface area (Å²) in [5.41, 5.74) is -0.385. The Bertz CT molecular complexity index is 579. The van der Waals surface area contributed by atoms with Gasteiger partial charge in [-0.1, -0.05) is 29.8 Å². The van der Waals surface area contributed by atoms with Crippen molar-refractivity contribution in [2.75, 3.05) is 0 Å². The molecule has 4 heteroatoms. The van der Waals surface area contributed by atoms with Crippen molar-refractivity contribution in [2.24, 2.45) is 0 Å². The van der Waals surface area contributed by atoms with Gasteiger partial charge in [0.1, 0.15) is 11.6 Å². The van der Waals surface area contributed by atoms with E-state index in [1.807, 2.05) is 0 Å². The molecule has 1 nitrogen and oxygen atoms in total. The van der Waals surface area contributed by atoms with Crippen molar-refractivity contribution in [2.45, 2.75) is 18.9 Å². The highest BCUT2D eigenvalue weighted by molar-refractivity contribution is 6.30. The topological polar surface area (TPSA) is 20.2 Å². The highest BCUT2D eigenvalue weighted by atomic mass is 35.5. The zero-order valence-corrected chi connectivity index (χ0v) is 11.1. The van der Waals surface area contributed by atoms with E-state index in [9.17, 15) is 13.9 Å². The van der Waals surface area contributed by atoms with Crippen LogP contribution in [0.25, 0.3) is 0 Å². The van der Waals surface area contributed by atoms with E-state index >= 15 is 0 Å². The molecule has 0 aliphatic carbocycles. The molecule has 0 spiro atoms. The van der Waals surface area contributed by atoms with Crippen LogP contribution in [0.1, 0.15) is 18.1 Å². The second-order valence-corrected chi connectivity index (χ2v) is 5.13. The molecule has 100 valence electrons. The van der Waals surface area contributed by atoms with Crippen LogP contribution in [-0.4, -0.2) is 5.11 Å². The average molecular weight is 283 g/mol. The van der Waals surface area contributed by atoms with Gasteiger partial charge in [0.25, 0.3) is 0 Å². The normalized spacial score (nSPS) is 14.2. The molecular formula is C15H13ClF2O. The quantitative estimate of drug-likeness (QED) is 0.900. The van der Waals surface area contributed by atoms with E-state index < -0.39 is 11.4 Å². The summed E-state index contributed by atoms with van der Waals surface area (Å²) >= 11 is 5.68. The summed E-state index contributed by atoms with van der Waals surface area (Å²) in [6, 6.07) is 9.82. The molecule has 1 atom stereocenters. The third-order valence-corrected chi connectivity index (χ3v) is 3.25. The molecule has 2 aromatic carbocycles. The summed E-state index contributed by atoms with van der Waals surface area (Å²) in [4.78, 5) is 0. The van der Waals surface area contributed by atoms with Gasteiger partial charge >= 0.3 is 0 Å². The van der Waals surface area contributed by atoms with Crippen LogP contribution in [-0.2, 0) is 12.0 Å². The van der Waals surface area contributed by atoms with Crippen molar-refractivity contribution in [1.29, 1.82) is 0 Å². The lowest BCUT2D eigenvalue weighted by Crippen LogP contribution is -2.24. The van der Waals surface area contributed by atoms with Gasteiger partial charge in [-0.3, -0.25) is 0 Å². The van der Waals surface area contributed by atoms with Crippen molar-refractivity contribution in [3.8, 4) is 0 Å². The van der Waals surface area contributed by atoms with E-state index in [0.29, 0.717) is 16.1 Å². The molecule has 2 aromatic rings. The Morgan fingerprint density at radius 3 is 2.32 bits per heavy atom. The number of hydrogen-bond acceptors (Lipinski definition) is 1. The standard InChI is InChI=1S/C15H13ClF2O/c1-15(19,11-3-6-13(17)7-4-11)9-10-2-5-12(16)8-14(10)18/h2-8,19H,9H2,1H3. The fraction of sp³-hybridized carbons (Fsp3) is 0.200. The highest BCUT2D eigenvalue weighted by Gasteiger charge is 2.25. The Hall–Kier alpha value is -1.45. The van der Waals surface area contributed by atoms with Gasteiger partial charge in [0.2, 0.25) is 0 Å². The molecule has 0 aromatic heterocycles. The van der Waals surface area contributed by atoms with Gasteiger partial charge in [0, 0.05) is 11.4 Å². The molecule has 0 aliphatic rings. The first-order valence-corrected chi connectivity index (χ1v) is 6.19.